The molecule has 1 aromatic rings. The molecule has 1 fully saturated rings. The summed E-state index contributed by atoms with van der Waals surface area (Å²) in [4.78, 5) is 13.7. The number of nitrogens with zero attached hydrogens (tertiary/aromatic N) is 1. The van der Waals surface area contributed by atoms with Crippen molar-refractivity contribution >= 4 is 5.91 Å². The first-order valence-corrected chi connectivity index (χ1v) is 7.05. The van der Waals surface area contributed by atoms with Gasteiger partial charge in [-0.05, 0) is 18.9 Å². The first-order chi connectivity index (χ1) is 10.1. The van der Waals surface area contributed by atoms with Crippen molar-refractivity contribution in [1.82, 2.24) is 4.90 Å². The minimum atomic E-state index is -0.952. The Kier molecular flexibility index (Phi) is 5.64. The van der Waals surface area contributed by atoms with Crippen molar-refractivity contribution in [2.75, 3.05) is 26.3 Å². The molecule has 0 unspecified atom stereocenters. The first kappa shape index (κ1) is 15.9. The molecule has 21 heavy (non-hydrogen) atoms. The second kappa shape index (κ2) is 7.47. The summed E-state index contributed by atoms with van der Waals surface area (Å²) in [6.45, 7) is 1.35. The van der Waals surface area contributed by atoms with E-state index in [1.165, 1.54) is 12.1 Å². The molecule has 1 aliphatic rings. The highest BCUT2D eigenvalue weighted by Crippen LogP contribution is 2.17. The van der Waals surface area contributed by atoms with Crippen LogP contribution in [0, 0.1) is 11.6 Å². The number of benzene rings is 1. The van der Waals surface area contributed by atoms with Crippen LogP contribution in [0.3, 0.4) is 0 Å². The van der Waals surface area contributed by atoms with Gasteiger partial charge < -0.3 is 14.7 Å². The van der Waals surface area contributed by atoms with E-state index in [0.29, 0.717) is 32.5 Å². The molecule has 6 heteroatoms. The van der Waals surface area contributed by atoms with Crippen LogP contribution in [0.25, 0.3) is 0 Å². The number of aliphatic hydroxyl groups is 1. The maximum atomic E-state index is 13.5. The Morgan fingerprint density at radius 2 is 2.05 bits per heavy atom. The van der Waals surface area contributed by atoms with Gasteiger partial charge in [0.1, 0.15) is 0 Å². The van der Waals surface area contributed by atoms with Gasteiger partial charge in [-0.1, -0.05) is 12.1 Å². The van der Waals surface area contributed by atoms with Crippen LogP contribution >= 0.6 is 0 Å². The highest BCUT2D eigenvalue weighted by Gasteiger charge is 2.24. The van der Waals surface area contributed by atoms with E-state index in [1.54, 1.807) is 4.90 Å². The second-order valence-corrected chi connectivity index (χ2v) is 5.06. The standard InChI is InChI=1S/C15H19F2NO3/c16-13-3-1-2-11(15(13)17)10-14(20)18-6-4-12(5-7-18)21-9-8-19/h1-3,12,19H,4-10H2. The van der Waals surface area contributed by atoms with Gasteiger partial charge in [-0.25, -0.2) is 8.78 Å². The lowest BCUT2D eigenvalue weighted by atomic mass is 10.1. The van der Waals surface area contributed by atoms with Crippen LogP contribution in [-0.4, -0.2) is 48.3 Å². The van der Waals surface area contributed by atoms with Gasteiger partial charge >= 0.3 is 0 Å². The summed E-state index contributed by atoms with van der Waals surface area (Å²) in [5.41, 5.74) is 0.0821. The topological polar surface area (TPSA) is 49.8 Å². The molecule has 1 aromatic carbocycles. The minimum Gasteiger partial charge on any atom is -0.394 e. The Morgan fingerprint density at radius 3 is 2.71 bits per heavy atom. The molecule has 0 spiro atoms. The highest BCUT2D eigenvalue weighted by atomic mass is 19.2. The van der Waals surface area contributed by atoms with E-state index in [9.17, 15) is 13.6 Å². The lowest BCUT2D eigenvalue weighted by molar-refractivity contribution is -0.133. The van der Waals surface area contributed by atoms with Crippen molar-refractivity contribution in [2.45, 2.75) is 25.4 Å². The van der Waals surface area contributed by atoms with Crippen molar-refractivity contribution in [3.63, 3.8) is 0 Å². The van der Waals surface area contributed by atoms with E-state index in [0.717, 1.165) is 6.07 Å². The molecule has 1 aliphatic heterocycles. The molecule has 1 saturated heterocycles. The number of carbonyl (C=O) groups excluding carboxylic acids is 1. The van der Waals surface area contributed by atoms with Crippen molar-refractivity contribution in [3.8, 4) is 0 Å². The molecule has 2 rings (SSSR count). The van der Waals surface area contributed by atoms with Crippen LogP contribution in [0.15, 0.2) is 18.2 Å². The molecule has 1 N–H and O–H groups in total. The Hall–Kier alpha value is -1.53. The summed E-state index contributed by atoms with van der Waals surface area (Å²) in [5.74, 6) is -2.09. The molecule has 0 aliphatic carbocycles. The van der Waals surface area contributed by atoms with Crippen LogP contribution in [0.4, 0.5) is 8.78 Å². The van der Waals surface area contributed by atoms with Crippen LogP contribution in [0.5, 0.6) is 0 Å². The number of likely N-dealkylation sites (tertiary alicyclic amines) is 1. The Bertz CT molecular complexity index is 488. The summed E-state index contributed by atoms with van der Waals surface area (Å²) in [6, 6.07) is 3.86. The number of ether oxygens (including phenoxy) is 1. The van der Waals surface area contributed by atoms with Crippen LogP contribution in [0.1, 0.15) is 18.4 Å². The molecule has 1 heterocycles. The Morgan fingerprint density at radius 1 is 1.33 bits per heavy atom. The van der Waals surface area contributed by atoms with E-state index in [-0.39, 0.29) is 30.6 Å². The van der Waals surface area contributed by atoms with Gasteiger partial charge in [-0.2, -0.15) is 0 Å². The van der Waals surface area contributed by atoms with Crippen LogP contribution in [0.2, 0.25) is 0 Å². The van der Waals surface area contributed by atoms with Gasteiger partial charge in [0, 0.05) is 18.7 Å². The summed E-state index contributed by atoms with van der Waals surface area (Å²) >= 11 is 0. The fourth-order valence-electron chi connectivity index (χ4n) is 2.45. The normalized spacial score (nSPS) is 16.2. The molecule has 0 atom stereocenters. The van der Waals surface area contributed by atoms with Crippen LogP contribution in [-0.2, 0) is 16.0 Å². The van der Waals surface area contributed by atoms with E-state index in [2.05, 4.69) is 0 Å². The molecule has 0 radical (unpaired) electrons. The average molecular weight is 299 g/mol. The molecule has 0 aromatic heterocycles. The maximum absolute atomic E-state index is 13.5. The third-order valence-corrected chi connectivity index (χ3v) is 3.61. The van der Waals surface area contributed by atoms with E-state index >= 15 is 0 Å². The molecule has 1 amide bonds. The Balaban J connectivity index is 1.86. The highest BCUT2D eigenvalue weighted by molar-refractivity contribution is 5.78. The van der Waals surface area contributed by atoms with Crippen LogP contribution < -0.4 is 0 Å². The largest absolute Gasteiger partial charge is 0.394 e. The third kappa shape index (κ3) is 4.22. The SMILES string of the molecule is O=C(Cc1cccc(F)c1F)N1CCC(OCCO)CC1. The zero-order chi connectivity index (χ0) is 15.2. The number of halogens is 2. The first-order valence-electron chi connectivity index (χ1n) is 7.05. The van der Waals surface area contributed by atoms with Gasteiger partial charge in [-0.3, -0.25) is 4.79 Å². The quantitative estimate of drug-likeness (QED) is 0.896. The zero-order valence-electron chi connectivity index (χ0n) is 11.7. The van der Waals surface area contributed by atoms with E-state index in [4.69, 9.17) is 9.84 Å². The minimum absolute atomic E-state index is 0.0159. The fourth-order valence-corrected chi connectivity index (χ4v) is 2.45. The van der Waals surface area contributed by atoms with Crippen molar-refractivity contribution < 1.29 is 23.4 Å². The summed E-state index contributed by atoms with van der Waals surface area (Å²) in [5, 5.41) is 8.69. The molecule has 0 saturated carbocycles. The third-order valence-electron chi connectivity index (χ3n) is 3.61. The summed E-state index contributed by atoms with van der Waals surface area (Å²) in [6.07, 6.45) is 1.30. The summed E-state index contributed by atoms with van der Waals surface area (Å²) < 4.78 is 32.1. The number of hydrogen-bond donors (Lipinski definition) is 1. The zero-order valence-corrected chi connectivity index (χ0v) is 11.7. The van der Waals surface area contributed by atoms with Gasteiger partial charge in [0.15, 0.2) is 11.6 Å². The van der Waals surface area contributed by atoms with Gasteiger partial charge in [0.05, 0.1) is 25.7 Å². The number of rotatable bonds is 5. The van der Waals surface area contributed by atoms with E-state index in [1.807, 2.05) is 0 Å². The second-order valence-electron chi connectivity index (χ2n) is 5.06. The Labute approximate surface area is 122 Å². The smallest absolute Gasteiger partial charge is 0.227 e. The lowest BCUT2D eigenvalue weighted by Crippen LogP contribution is -2.41. The number of amides is 1. The monoisotopic (exact) mass is 299 g/mol. The van der Waals surface area contributed by atoms with Crippen molar-refractivity contribution in [1.29, 1.82) is 0 Å². The number of aliphatic hydroxyl groups excluding tert-OH is 1. The number of carbonyl (C=O) groups is 1. The van der Waals surface area contributed by atoms with Crippen molar-refractivity contribution in [3.05, 3.63) is 35.4 Å². The number of piperidine rings is 1. The van der Waals surface area contributed by atoms with Gasteiger partial charge in [-0.15, -0.1) is 0 Å². The molecule has 4 nitrogen and oxygen atoms in total. The predicted octanol–water partition coefficient (Wildman–Crippen LogP) is 1.51. The van der Waals surface area contributed by atoms with Gasteiger partial charge in [0.25, 0.3) is 0 Å². The molecule has 116 valence electrons. The molecular formula is C15H19F2NO3. The summed E-state index contributed by atoms with van der Waals surface area (Å²) in [7, 11) is 0. The molecular weight excluding hydrogens is 280 g/mol. The lowest BCUT2D eigenvalue weighted by Gasteiger charge is -2.32. The number of hydrogen-bond acceptors (Lipinski definition) is 3. The fraction of sp³-hybridized carbons (Fsp3) is 0.533. The molecule has 0 bridgehead atoms. The van der Waals surface area contributed by atoms with Gasteiger partial charge in [0.2, 0.25) is 5.91 Å². The van der Waals surface area contributed by atoms with E-state index < -0.39 is 11.6 Å². The maximum Gasteiger partial charge on any atom is 0.227 e. The predicted molar refractivity (Wildman–Crippen MR) is 72.7 cm³/mol. The van der Waals surface area contributed by atoms with Crippen molar-refractivity contribution in [2.24, 2.45) is 0 Å². The average Bonchev–Trinajstić information content (AvgIpc) is 2.50.